The van der Waals surface area contributed by atoms with Gasteiger partial charge < -0.3 is 0 Å². The first-order valence-corrected chi connectivity index (χ1v) is 10.0. The van der Waals surface area contributed by atoms with Crippen LogP contribution in [0.3, 0.4) is 0 Å². The monoisotopic (exact) mass is 369 g/mol. The van der Waals surface area contributed by atoms with Crippen molar-refractivity contribution in [2.24, 2.45) is 3.55 Å². The molecule has 0 aliphatic heterocycles. The van der Waals surface area contributed by atoms with Crippen molar-refractivity contribution in [1.82, 2.24) is 0 Å². The summed E-state index contributed by atoms with van der Waals surface area (Å²) in [6.45, 7) is 0. The van der Waals surface area contributed by atoms with Gasteiger partial charge in [0.2, 0.25) is 0 Å². The maximum atomic E-state index is 8.20. The molecule has 0 rings (SSSR count). The molecular formula is C3N3PtS3. The molecule has 0 spiro atoms. The Hall–Kier alpha value is 0.168. The molecule has 3 nitrogen and oxygen atoms in total. The maximum absolute atomic E-state index is 8.20. The molecule has 0 aromatic heterocycles. The van der Waals surface area contributed by atoms with Crippen molar-refractivity contribution in [2.75, 3.05) is 0 Å². The van der Waals surface area contributed by atoms with Crippen LogP contribution in [0.25, 0.3) is 0 Å². The molecule has 10 heavy (non-hydrogen) atoms. The summed E-state index contributed by atoms with van der Waals surface area (Å²) in [5, 5.41) is 22.3. The molecule has 0 saturated carbocycles. The van der Waals surface area contributed by atoms with Gasteiger partial charge in [0.15, 0.2) is 0 Å². The molecule has 0 aromatic rings. The SMILES string of the molecule is N#C[S][Pt]([N]=C=S)[S]C#N. The number of nitriles is 2. The molecule has 0 atom stereocenters. The molecule has 0 saturated heterocycles. The summed E-state index contributed by atoms with van der Waals surface area (Å²) in [6, 6.07) is 0. The van der Waals surface area contributed by atoms with Crippen LogP contribution in [0, 0.1) is 21.3 Å². The van der Waals surface area contributed by atoms with Gasteiger partial charge in [0.1, 0.15) is 0 Å². The molecule has 0 amide bonds. The van der Waals surface area contributed by atoms with E-state index in [4.69, 9.17) is 10.5 Å². The van der Waals surface area contributed by atoms with Crippen molar-refractivity contribution < 1.29 is 15.0 Å². The molecule has 0 unspecified atom stereocenters. The topological polar surface area (TPSA) is 59.9 Å². The standard InChI is InChI=1S/2CHNS.CNS.Pt/c3*2-1-3;/h2*3H;;/q;;-1;+3/p-2. The molecule has 0 bridgehead atoms. The molecule has 0 aromatic carbocycles. The van der Waals surface area contributed by atoms with Crippen LogP contribution in [0.4, 0.5) is 0 Å². The first-order chi connectivity index (χ1) is 4.85. The van der Waals surface area contributed by atoms with Gasteiger partial charge in [0.25, 0.3) is 0 Å². The van der Waals surface area contributed by atoms with Crippen LogP contribution >= 0.6 is 31.2 Å². The van der Waals surface area contributed by atoms with E-state index >= 15 is 0 Å². The van der Waals surface area contributed by atoms with Crippen LogP contribution in [0.5, 0.6) is 0 Å². The van der Waals surface area contributed by atoms with Crippen LogP contribution in [0.2, 0.25) is 0 Å². The van der Waals surface area contributed by atoms with E-state index in [9.17, 15) is 0 Å². The fourth-order valence-electron chi connectivity index (χ4n) is 0.115. The summed E-state index contributed by atoms with van der Waals surface area (Å²) < 4.78 is 3.71. The number of hydrogen-bond acceptors (Lipinski definition) is 6. The molecule has 55 valence electrons. The Morgan fingerprint density at radius 2 is 1.80 bits per heavy atom. The number of thiocyanates is 2. The van der Waals surface area contributed by atoms with Gasteiger partial charge in [-0.25, -0.2) is 0 Å². The summed E-state index contributed by atoms with van der Waals surface area (Å²) in [5.74, 6) is 0. The van der Waals surface area contributed by atoms with Crippen LogP contribution in [-0.2, 0) is 15.0 Å². The third-order valence-corrected chi connectivity index (χ3v) is 8.84. The van der Waals surface area contributed by atoms with Crippen molar-refractivity contribution in [2.45, 2.75) is 0 Å². The zero-order valence-electron chi connectivity index (χ0n) is 4.38. The Bertz CT molecular complexity index is 206. The molecule has 0 aliphatic carbocycles. The number of isothiocyanates is 1. The Morgan fingerprint density at radius 3 is 2.10 bits per heavy atom. The van der Waals surface area contributed by atoms with Gasteiger partial charge in [-0.1, -0.05) is 0 Å². The van der Waals surface area contributed by atoms with E-state index in [-0.39, 0.29) is 0 Å². The predicted octanol–water partition coefficient (Wildman–Crippen LogP) is 1.88. The Kier molecular flexibility index (Phi) is 7.40. The van der Waals surface area contributed by atoms with E-state index in [2.05, 4.69) is 20.9 Å². The minimum absolute atomic E-state index is 1.03. The Balaban J connectivity index is 3.89. The van der Waals surface area contributed by atoms with Gasteiger partial charge in [-0.2, -0.15) is 0 Å². The van der Waals surface area contributed by atoms with Crippen LogP contribution in [-0.4, -0.2) is 5.16 Å². The number of thiocarbonyl (C=S) groups is 1. The molecular weight excluding hydrogens is 369 g/mol. The second kappa shape index (κ2) is 7.28. The van der Waals surface area contributed by atoms with E-state index in [1.165, 1.54) is 0 Å². The second-order valence-electron chi connectivity index (χ2n) is 0.642. The average molecular weight is 369 g/mol. The fourth-order valence-corrected chi connectivity index (χ4v) is 5.79. The normalized spacial score (nSPS) is 8.40. The van der Waals surface area contributed by atoms with Crippen LogP contribution < -0.4 is 0 Å². The van der Waals surface area contributed by atoms with Crippen molar-refractivity contribution in [3.63, 3.8) is 0 Å². The number of nitrogens with zero attached hydrogens (tertiary/aromatic N) is 3. The summed E-state index contributed by atoms with van der Waals surface area (Å²) in [5.41, 5.74) is 0. The van der Waals surface area contributed by atoms with Gasteiger partial charge in [0.05, 0.1) is 0 Å². The molecule has 7 heteroatoms. The van der Waals surface area contributed by atoms with Gasteiger partial charge in [-0.3, -0.25) is 0 Å². The molecule has 0 radical (unpaired) electrons. The fraction of sp³-hybridized carbons (Fsp3) is 0. The average Bonchev–Trinajstić information content (AvgIpc) is 1.90. The van der Waals surface area contributed by atoms with E-state index in [1.54, 1.807) is 0 Å². The number of hydrogen-bond donors (Lipinski definition) is 0. The third kappa shape index (κ3) is 4.99. The van der Waals surface area contributed by atoms with Crippen LogP contribution in [0.1, 0.15) is 0 Å². The zero-order chi connectivity index (χ0) is 7.82. The summed E-state index contributed by atoms with van der Waals surface area (Å²) >= 11 is 2.45. The quantitative estimate of drug-likeness (QED) is 0.432. The Labute approximate surface area is 75.8 Å². The number of rotatable bonds is 3. The molecule has 0 aliphatic rings. The van der Waals surface area contributed by atoms with E-state index in [1.807, 2.05) is 10.8 Å². The van der Waals surface area contributed by atoms with Gasteiger partial charge >= 0.3 is 76.2 Å². The molecule has 0 fully saturated rings. The minimum atomic E-state index is -1.88. The van der Waals surface area contributed by atoms with E-state index < -0.39 is 15.0 Å². The summed E-state index contributed by atoms with van der Waals surface area (Å²) in [6.07, 6.45) is 0. The van der Waals surface area contributed by atoms with Crippen molar-refractivity contribution >= 4 is 36.3 Å². The van der Waals surface area contributed by atoms with E-state index in [0.717, 1.165) is 18.9 Å². The zero-order valence-corrected chi connectivity index (χ0v) is 9.10. The van der Waals surface area contributed by atoms with Gasteiger partial charge in [-0.15, -0.1) is 0 Å². The molecule has 0 heterocycles. The van der Waals surface area contributed by atoms with E-state index in [0.29, 0.717) is 0 Å². The third-order valence-electron chi connectivity index (χ3n) is 0.255. The summed E-state index contributed by atoms with van der Waals surface area (Å²) in [7, 11) is 2.07. The predicted molar refractivity (Wildman–Crippen MR) is 41.4 cm³/mol. The first-order valence-electron chi connectivity index (χ1n) is 1.68. The second-order valence-corrected chi connectivity index (χ2v) is 11.3. The first kappa shape index (κ1) is 10.2. The van der Waals surface area contributed by atoms with Gasteiger partial charge in [-0.05, 0) is 0 Å². The van der Waals surface area contributed by atoms with Gasteiger partial charge in [0, 0.05) is 0 Å². The van der Waals surface area contributed by atoms with Crippen molar-refractivity contribution in [1.29, 1.82) is 10.5 Å². The summed E-state index contributed by atoms with van der Waals surface area (Å²) in [4.78, 5) is 0. The molecule has 0 N–H and O–H groups in total. The van der Waals surface area contributed by atoms with Crippen molar-refractivity contribution in [3.8, 4) is 10.8 Å². The van der Waals surface area contributed by atoms with Crippen molar-refractivity contribution in [3.05, 3.63) is 0 Å². The van der Waals surface area contributed by atoms with Crippen LogP contribution in [0.15, 0.2) is 3.55 Å². The Morgan fingerprint density at radius 1 is 1.30 bits per heavy atom.